The lowest BCUT2D eigenvalue weighted by Crippen LogP contribution is -2.44. The summed E-state index contributed by atoms with van der Waals surface area (Å²) >= 11 is 0. The SMILES string of the molecule is COc1cccc(CCC(=O)N2CCC[C@@H](C(N)=O)C2)c1OC. The van der Waals surface area contributed by atoms with Crippen molar-refractivity contribution in [1.29, 1.82) is 0 Å². The summed E-state index contributed by atoms with van der Waals surface area (Å²) in [5.74, 6) is 0.817. The van der Waals surface area contributed by atoms with Crippen molar-refractivity contribution in [1.82, 2.24) is 4.90 Å². The maximum Gasteiger partial charge on any atom is 0.222 e. The van der Waals surface area contributed by atoms with Crippen LogP contribution in [0.25, 0.3) is 0 Å². The van der Waals surface area contributed by atoms with E-state index in [2.05, 4.69) is 0 Å². The van der Waals surface area contributed by atoms with Gasteiger partial charge in [0.1, 0.15) is 0 Å². The zero-order chi connectivity index (χ0) is 16.8. The van der Waals surface area contributed by atoms with Crippen LogP contribution in [0.1, 0.15) is 24.8 Å². The van der Waals surface area contributed by atoms with Gasteiger partial charge in [0.25, 0.3) is 0 Å². The van der Waals surface area contributed by atoms with Gasteiger partial charge in [0.05, 0.1) is 20.1 Å². The third-order valence-corrected chi connectivity index (χ3v) is 4.27. The molecule has 1 heterocycles. The Hall–Kier alpha value is -2.24. The molecular weight excluding hydrogens is 296 g/mol. The molecule has 2 rings (SSSR count). The molecule has 23 heavy (non-hydrogen) atoms. The molecule has 2 amide bonds. The highest BCUT2D eigenvalue weighted by atomic mass is 16.5. The van der Waals surface area contributed by atoms with E-state index in [0.29, 0.717) is 37.4 Å². The van der Waals surface area contributed by atoms with Crippen molar-refractivity contribution < 1.29 is 19.1 Å². The molecule has 0 spiro atoms. The summed E-state index contributed by atoms with van der Waals surface area (Å²) in [6, 6.07) is 5.63. The zero-order valence-electron chi connectivity index (χ0n) is 13.7. The molecule has 1 aromatic carbocycles. The quantitative estimate of drug-likeness (QED) is 0.858. The monoisotopic (exact) mass is 320 g/mol. The minimum atomic E-state index is -0.322. The van der Waals surface area contributed by atoms with E-state index in [0.717, 1.165) is 18.4 Å². The van der Waals surface area contributed by atoms with Gasteiger partial charge >= 0.3 is 0 Å². The highest BCUT2D eigenvalue weighted by molar-refractivity contribution is 5.80. The van der Waals surface area contributed by atoms with Crippen LogP contribution >= 0.6 is 0 Å². The lowest BCUT2D eigenvalue weighted by molar-refractivity contribution is -0.134. The molecule has 0 aliphatic carbocycles. The number of carbonyl (C=O) groups excluding carboxylic acids is 2. The molecule has 2 N–H and O–H groups in total. The number of hydrogen-bond donors (Lipinski definition) is 1. The molecule has 0 saturated carbocycles. The van der Waals surface area contributed by atoms with Crippen LogP contribution in [0.15, 0.2) is 18.2 Å². The Morgan fingerprint density at radius 1 is 1.30 bits per heavy atom. The highest BCUT2D eigenvalue weighted by Gasteiger charge is 2.26. The fraction of sp³-hybridized carbons (Fsp3) is 0.529. The maximum atomic E-state index is 12.4. The molecule has 126 valence electrons. The van der Waals surface area contributed by atoms with Crippen molar-refractivity contribution in [2.45, 2.75) is 25.7 Å². The average Bonchev–Trinajstić information content (AvgIpc) is 2.59. The van der Waals surface area contributed by atoms with Gasteiger partial charge in [-0.05, 0) is 30.9 Å². The predicted octanol–water partition coefficient (Wildman–Crippen LogP) is 1.36. The predicted molar refractivity (Wildman–Crippen MR) is 86.4 cm³/mol. The zero-order valence-corrected chi connectivity index (χ0v) is 13.7. The Morgan fingerprint density at radius 2 is 2.09 bits per heavy atom. The minimum absolute atomic E-state index is 0.0424. The van der Waals surface area contributed by atoms with E-state index < -0.39 is 0 Å². The van der Waals surface area contributed by atoms with Gasteiger partial charge in [-0.1, -0.05) is 12.1 Å². The second-order valence-electron chi connectivity index (χ2n) is 5.73. The summed E-state index contributed by atoms with van der Waals surface area (Å²) in [6.45, 7) is 1.13. The summed E-state index contributed by atoms with van der Waals surface area (Å²) in [7, 11) is 3.18. The second kappa shape index (κ2) is 7.85. The van der Waals surface area contributed by atoms with Gasteiger partial charge < -0.3 is 20.1 Å². The number of methoxy groups -OCH3 is 2. The van der Waals surface area contributed by atoms with Crippen LogP contribution in [0.2, 0.25) is 0 Å². The number of ether oxygens (including phenoxy) is 2. The van der Waals surface area contributed by atoms with Crippen LogP contribution in [0.3, 0.4) is 0 Å². The van der Waals surface area contributed by atoms with Gasteiger partial charge in [0.15, 0.2) is 11.5 Å². The molecule has 0 radical (unpaired) electrons. The fourth-order valence-electron chi connectivity index (χ4n) is 2.99. The van der Waals surface area contributed by atoms with E-state index in [1.165, 1.54) is 0 Å². The third-order valence-electron chi connectivity index (χ3n) is 4.27. The number of para-hydroxylation sites is 1. The molecule has 0 bridgehead atoms. The van der Waals surface area contributed by atoms with Crippen molar-refractivity contribution in [3.63, 3.8) is 0 Å². The number of rotatable bonds is 6. The number of amides is 2. The number of aryl methyl sites for hydroxylation is 1. The molecular formula is C17H24N2O4. The van der Waals surface area contributed by atoms with Crippen molar-refractivity contribution >= 4 is 11.8 Å². The number of hydrogen-bond acceptors (Lipinski definition) is 4. The Morgan fingerprint density at radius 3 is 2.74 bits per heavy atom. The molecule has 6 heteroatoms. The first-order chi connectivity index (χ1) is 11.1. The molecule has 1 aliphatic rings. The van der Waals surface area contributed by atoms with Gasteiger partial charge in [-0.3, -0.25) is 9.59 Å². The van der Waals surface area contributed by atoms with Crippen LogP contribution in [0.5, 0.6) is 11.5 Å². The van der Waals surface area contributed by atoms with E-state index in [-0.39, 0.29) is 17.7 Å². The summed E-state index contributed by atoms with van der Waals surface area (Å²) in [6.07, 6.45) is 2.52. The number of nitrogens with two attached hydrogens (primary N) is 1. The smallest absolute Gasteiger partial charge is 0.222 e. The molecule has 0 unspecified atom stereocenters. The molecule has 1 atom stereocenters. The minimum Gasteiger partial charge on any atom is -0.493 e. The lowest BCUT2D eigenvalue weighted by atomic mass is 9.97. The highest BCUT2D eigenvalue weighted by Crippen LogP contribution is 2.31. The first-order valence-corrected chi connectivity index (χ1v) is 7.83. The largest absolute Gasteiger partial charge is 0.493 e. The Balaban J connectivity index is 1.98. The Bertz CT molecular complexity index is 574. The van der Waals surface area contributed by atoms with Crippen LogP contribution < -0.4 is 15.2 Å². The molecule has 0 aromatic heterocycles. The summed E-state index contributed by atoms with van der Waals surface area (Å²) in [4.78, 5) is 25.4. The van der Waals surface area contributed by atoms with E-state index in [1.807, 2.05) is 18.2 Å². The number of nitrogens with zero attached hydrogens (tertiary/aromatic N) is 1. The van der Waals surface area contributed by atoms with Gasteiger partial charge in [0, 0.05) is 19.5 Å². The standard InChI is InChI=1S/C17H24N2O4/c1-22-14-7-3-5-12(16(14)23-2)8-9-15(20)19-10-4-6-13(11-19)17(18)21/h3,5,7,13H,4,6,8-11H2,1-2H3,(H2,18,21)/t13-/m1/s1. The van der Waals surface area contributed by atoms with Crippen LogP contribution in [0.4, 0.5) is 0 Å². The first kappa shape index (κ1) is 17.1. The molecule has 1 aliphatic heterocycles. The van der Waals surface area contributed by atoms with Crippen molar-refractivity contribution in [2.24, 2.45) is 11.7 Å². The Labute approximate surface area is 136 Å². The van der Waals surface area contributed by atoms with Gasteiger partial charge in [-0.2, -0.15) is 0 Å². The van der Waals surface area contributed by atoms with Crippen LogP contribution in [-0.4, -0.2) is 44.0 Å². The van der Waals surface area contributed by atoms with E-state index in [9.17, 15) is 9.59 Å². The van der Waals surface area contributed by atoms with Crippen LogP contribution in [-0.2, 0) is 16.0 Å². The number of piperidine rings is 1. The number of likely N-dealkylation sites (tertiary alicyclic amines) is 1. The Kier molecular flexibility index (Phi) is 5.84. The fourth-order valence-corrected chi connectivity index (χ4v) is 2.99. The van der Waals surface area contributed by atoms with Crippen molar-refractivity contribution in [2.75, 3.05) is 27.3 Å². The summed E-state index contributed by atoms with van der Waals surface area (Å²) in [5, 5.41) is 0. The van der Waals surface area contributed by atoms with Crippen molar-refractivity contribution in [3.8, 4) is 11.5 Å². The molecule has 1 aromatic rings. The molecule has 1 saturated heterocycles. The number of primary amides is 1. The van der Waals surface area contributed by atoms with Crippen LogP contribution in [0, 0.1) is 5.92 Å². The molecule has 6 nitrogen and oxygen atoms in total. The van der Waals surface area contributed by atoms with Crippen molar-refractivity contribution in [3.05, 3.63) is 23.8 Å². The summed E-state index contributed by atoms with van der Waals surface area (Å²) < 4.78 is 10.7. The van der Waals surface area contributed by atoms with E-state index in [1.54, 1.807) is 19.1 Å². The average molecular weight is 320 g/mol. The second-order valence-corrected chi connectivity index (χ2v) is 5.73. The lowest BCUT2D eigenvalue weighted by Gasteiger charge is -2.31. The third kappa shape index (κ3) is 4.15. The molecule has 1 fully saturated rings. The van der Waals surface area contributed by atoms with Gasteiger partial charge in [-0.15, -0.1) is 0 Å². The van der Waals surface area contributed by atoms with Gasteiger partial charge in [0.2, 0.25) is 11.8 Å². The summed E-state index contributed by atoms with van der Waals surface area (Å²) in [5.41, 5.74) is 6.29. The van der Waals surface area contributed by atoms with E-state index in [4.69, 9.17) is 15.2 Å². The maximum absolute atomic E-state index is 12.4. The normalized spacial score (nSPS) is 17.7. The first-order valence-electron chi connectivity index (χ1n) is 7.83. The number of carbonyl (C=O) groups is 2. The van der Waals surface area contributed by atoms with E-state index >= 15 is 0 Å². The number of benzene rings is 1. The topological polar surface area (TPSA) is 81.9 Å². The van der Waals surface area contributed by atoms with Gasteiger partial charge in [-0.25, -0.2) is 0 Å².